The molecule has 0 aromatic carbocycles. The zero-order valence-corrected chi connectivity index (χ0v) is 8.05. The molecule has 0 unspecified atom stereocenters. The highest BCUT2D eigenvalue weighted by molar-refractivity contribution is 5.16. The molecule has 0 spiro atoms. The largest absolute Gasteiger partial charge is 0.469 e. The highest BCUT2D eigenvalue weighted by Crippen LogP contribution is 2.10. The summed E-state index contributed by atoms with van der Waals surface area (Å²) in [6, 6.07) is 1.99. The SMILES string of the molecule is CCc1occc1CNCCCO. The summed E-state index contributed by atoms with van der Waals surface area (Å²) in [4.78, 5) is 0. The van der Waals surface area contributed by atoms with Gasteiger partial charge in [-0.25, -0.2) is 0 Å². The second kappa shape index (κ2) is 5.78. The van der Waals surface area contributed by atoms with E-state index >= 15 is 0 Å². The average Bonchev–Trinajstić information content (AvgIpc) is 2.60. The van der Waals surface area contributed by atoms with E-state index in [1.807, 2.05) is 6.07 Å². The second-order valence-corrected chi connectivity index (χ2v) is 2.98. The van der Waals surface area contributed by atoms with Gasteiger partial charge < -0.3 is 14.8 Å². The highest BCUT2D eigenvalue weighted by Gasteiger charge is 2.02. The Kier molecular flexibility index (Phi) is 4.57. The van der Waals surface area contributed by atoms with Gasteiger partial charge >= 0.3 is 0 Å². The van der Waals surface area contributed by atoms with Gasteiger partial charge in [-0.1, -0.05) is 6.92 Å². The number of aliphatic hydroxyl groups is 1. The third-order valence-electron chi connectivity index (χ3n) is 1.99. The summed E-state index contributed by atoms with van der Waals surface area (Å²) in [7, 11) is 0. The molecule has 0 fully saturated rings. The fourth-order valence-corrected chi connectivity index (χ4v) is 1.26. The summed E-state index contributed by atoms with van der Waals surface area (Å²) in [5.74, 6) is 1.05. The predicted molar refractivity (Wildman–Crippen MR) is 51.5 cm³/mol. The maximum atomic E-state index is 8.57. The Hall–Kier alpha value is -0.800. The van der Waals surface area contributed by atoms with Crippen molar-refractivity contribution in [3.8, 4) is 0 Å². The van der Waals surface area contributed by atoms with E-state index in [4.69, 9.17) is 9.52 Å². The van der Waals surface area contributed by atoms with E-state index in [2.05, 4.69) is 12.2 Å². The van der Waals surface area contributed by atoms with Crippen LogP contribution in [-0.4, -0.2) is 18.3 Å². The van der Waals surface area contributed by atoms with Crippen LogP contribution in [0.5, 0.6) is 0 Å². The lowest BCUT2D eigenvalue weighted by Gasteiger charge is -2.02. The number of furan rings is 1. The van der Waals surface area contributed by atoms with Gasteiger partial charge in [-0.05, 0) is 19.0 Å². The Morgan fingerprint density at radius 3 is 3.08 bits per heavy atom. The molecule has 1 heterocycles. The minimum Gasteiger partial charge on any atom is -0.469 e. The fourth-order valence-electron chi connectivity index (χ4n) is 1.26. The molecule has 13 heavy (non-hydrogen) atoms. The van der Waals surface area contributed by atoms with Gasteiger partial charge in [-0.15, -0.1) is 0 Å². The third kappa shape index (κ3) is 3.20. The molecule has 0 bridgehead atoms. The first kappa shape index (κ1) is 10.3. The molecule has 1 aromatic rings. The lowest BCUT2D eigenvalue weighted by Crippen LogP contribution is -2.15. The second-order valence-electron chi connectivity index (χ2n) is 2.98. The molecule has 0 aliphatic carbocycles. The summed E-state index contributed by atoms with van der Waals surface area (Å²) < 4.78 is 5.28. The van der Waals surface area contributed by atoms with Crippen LogP contribution in [0.4, 0.5) is 0 Å². The summed E-state index contributed by atoms with van der Waals surface area (Å²) in [5, 5.41) is 11.8. The monoisotopic (exact) mass is 183 g/mol. The van der Waals surface area contributed by atoms with Crippen molar-refractivity contribution in [1.82, 2.24) is 5.32 Å². The number of nitrogens with one attached hydrogen (secondary N) is 1. The molecule has 74 valence electrons. The molecule has 0 amide bonds. The van der Waals surface area contributed by atoms with Crippen molar-refractivity contribution in [1.29, 1.82) is 0 Å². The number of hydrogen-bond donors (Lipinski definition) is 2. The molecule has 3 heteroatoms. The van der Waals surface area contributed by atoms with Gasteiger partial charge in [0.2, 0.25) is 0 Å². The number of aryl methyl sites for hydroxylation is 1. The molecule has 0 atom stereocenters. The maximum absolute atomic E-state index is 8.57. The van der Waals surface area contributed by atoms with Gasteiger partial charge in [0.15, 0.2) is 0 Å². The summed E-state index contributed by atoms with van der Waals surface area (Å²) >= 11 is 0. The predicted octanol–water partition coefficient (Wildman–Crippen LogP) is 1.31. The summed E-state index contributed by atoms with van der Waals surface area (Å²) in [6.45, 7) is 4.01. The van der Waals surface area contributed by atoms with Crippen LogP contribution in [-0.2, 0) is 13.0 Å². The number of aliphatic hydroxyl groups excluding tert-OH is 1. The van der Waals surface area contributed by atoms with Crippen LogP contribution >= 0.6 is 0 Å². The Bertz CT molecular complexity index is 233. The summed E-state index contributed by atoms with van der Waals surface area (Å²) in [5.41, 5.74) is 1.22. The minimum absolute atomic E-state index is 0.249. The first-order valence-electron chi connectivity index (χ1n) is 4.75. The van der Waals surface area contributed by atoms with Crippen LogP contribution in [0.1, 0.15) is 24.7 Å². The van der Waals surface area contributed by atoms with Gasteiger partial charge in [0.25, 0.3) is 0 Å². The van der Waals surface area contributed by atoms with E-state index in [9.17, 15) is 0 Å². The molecule has 0 saturated carbocycles. The van der Waals surface area contributed by atoms with Crippen molar-refractivity contribution in [3.05, 3.63) is 23.7 Å². The first-order valence-corrected chi connectivity index (χ1v) is 4.75. The van der Waals surface area contributed by atoms with Crippen LogP contribution in [0.15, 0.2) is 16.7 Å². The molecular formula is C10H17NO2. The number of rotatable bonds is 6. The van der Waals surface area contributed by atoms with Crippen LogP contribution in [0.3, 0.4) is 0 Å². The van der Waals surface area contributed by atoms with Crippen LogP contribution in [0, 0.1) is 0 Å². The zero-order valence-electron chi connectivity index (χ0n) is 8.05. The minimum atomic E-state index is 0.249. The lowest BCUT2D eigenvalue weighted by atomic mass is 10.2. The molecule has 0 radical (unpaired) electrons. The number of hydrogen-bond acceptors (Lipinski definition) is 3. The molecule has 3 nitrogen and oxygen atoms in total. The lowest BCUT2D eigenvalue weighted by molar-refractivity contribution is 0.286. The van der Waals surface area contributed by atoms with E-state index in [0.29, 0.717) is 0 Å². The normalized spacial score (nSPS) is 10.6. The van der Waals surface area contributed by atoms with Crippen molar-refractivity contribution in [3.63, 3.8) is 0 Å². The van der Waals surface area contributed by atoms with Crippen molar-refractivity contribution >= 4 is 0 Å². The van der Waals surface area contributed by atoms with Crippen molar-refractivity contribution in [2.24, 2.45) is 0 Å². The van der Waals surface area contributed by atoms with E-state index in [1.54, 1.807) is 6.26 Å². The topological polar surface area (TPSA) is 45.4 Å². The fraction of sp³-hybridized carbons (Fsp3) is 0.600. The molecule has 2 N–H and O–H groups in total. The van der Waals surface area contributed by atoms with Gasteiger partial charge in [-0.2, -0.15) is 0 Å². The van der Waals surface area contributed by atoms with Gasteiger partial charge in [0.05, 0.1) is 6.26 Å². The standard InChI is InChI=1S/C10H17NO2/c1-2-10-9(4-7-13-10)8-11-5-3-6-12/h4,7,11-12H,2-3,5-6,8H2,1H3. The van der Waals surface area contributed by atoms with Gasteiger partial charge in [-0.3, -0.25) is 0 Å². The molecule has 0 saturated heterocycles. The quantitative estimate of drug-likeness (QED) is 0.654. The van der Waals surface area contributed by atoms with Gasteiger partial charge in [0.1, 0.15) is 5.76 Å². The Morgan fingerprint density at radius 2 is 2.38 bits per heavy atom. The van der Waals surface area contributed by atoms with E-state index < -0.39 is 0 Å². The van der Waals surface area contributed by atoms with Crippen LogP contribution < -0.4 is 5.32 Å². The molecule has 0 aliphatic rings. The first-order chi connectivity index (χ1) is 6.38. The smallest absolute Gasteiger partial charge is 0.107 e. The van der Waals surface area contributed by atoms with E-state index in [-0.39, 0.29) is 6.61 Å². The van der Waals surface area contributed by atoms with Crippen molar-refractivity contribution in [2.75, 3.05) is 13.2 Å². The molecule has 1 rings (SSSR count). The third-order valence-corrected chi connectivity index (χ3v) is 1.99. The van der Waals surface area contributed by atoms with Crippen molar-refractivity contribution < 1.29 is 9.52 Å². The molecular weight excluding hydrogens is 166 g/mol. The molecule has 1 aromatic heterocycles. The van der Waals surface area contributed by atoms with Crippen molar-refractivity contribution in [2.45, 2.75) is 26.3 Å². The molecule has 0 aliphatic heterocycles. The average molecular weight is 183 g/mol. The Labute approximate surface area is 78.8 Å². The van der Waals surface area contributed by atoms with E-state index in [0.717, 1.165) is 31.7 Å². The maximum Gasteiger partial charge on any atom is 0.107 e. The zero-order chi connectivity index (χ0) is 9.52. The Morgan fingerprint density at radius 1 is 1.54 bits per heavy atom. The Balaban J connectivity index is 2.27. The van der Waals surface area contributed by atoms with Gasteiger partial charge in [0, 0.05) is 25.1 Å². The van der Waals surface area contributed by atoms with E-state index in [1.165, 1.54) is 5.56 Å². The highest BCUT2D eigenvalue weighted by atomic mass is 16.3. The van der Waals surface area contributed by atoms with Crippen LogP contribution in [0.2, 0.25) is 0 Å². The summed E-state index contributed by atoms with van der Waals surface area (Å²) in [6.07, 6.45) is 3.46. The van der Waals surface area contributed by atoms with Crippen LogP contribution in [0.25, 0.3) is 0 Å².